The van der Waals surface area contributed by atoms with Crippen LogP contribution < -0.4 is 0 Å². The van der Waals surface area contributed by atoms with Crippen LogP contribution >= 0.6 is 27.3 Å². The van der Waals surface area contributed by atoms with Crippen LogP contribution in [0.3, 0.4) is 0 Å². The van der Waals surface area contributed by atoms with Gasteiger partial charge in [0.2, 0.25) is 0 Å². The molecule has 2 heterocycles. The average molecular weight is 330 g/mol. The summed E-state index contributed by atoms with van der Waals surface area (Å²) in [6.45, 7) is 4.88. The second kappa shape index (κ2) is 5.95. The molecule has 0 fully saturated rings. The molecule has 1 atom stereocenters. The van der Waals surface area contributed by atoms with Gasteiger partial charge in [-0.3, -0.25) is 4.68 Å². The second-order valence-corrected chi connectivity index (χ2v) is 6.10. The molecular formula is C12H16BrN3OS. The Bertz CT molecular complexity index is 523. The molecule has 0 bridgehead atoms. The molecule has 4 nitrogen and oxygen atoms in total. The zero-order chi connectivity index (χ0) is 13.1. The molecule has 0 aliphatic heterocycles. The first-order valence-corrected chi connectivity index (χ1v) is 7.59. The lowest BCUT2D eigenvalue weighted by Gasteiger charge is -2.12. The smallest absolute Gasteiger partial charge is 0.102 e. The van der Waals surface area contributed by atoms with E-state index < -0.39 is 6.10 Å². The standard InChI is InChI=1S/C12H16BrN3OS/c1-3-4-16-12(10(13)6-14-16)11(17)5-9-7-18-8(2)15-9/h6-7,11,17H,3-5H2,1-2H3. The Morgan fingerprint density at radius 1 is 1.56 bits per heavy atom. The molecule has 18 heavy (non-hydrogen) atoms. The van der Waals surface area contributed by atoms with Crippen LogP contribution in [0, 0.1) is 6.92 Å². The predicted octanol–water partition coefficient (Wildman–Crippen LogP) is 3.10. The summed E-state index contributed by atoms with van der Waals surface area (Å²) in [6, 6.07) is 0. The van der Waals surface area contributed by atoms with Crippen molar-refractivity contribution in [3.63, 3.8) is 0 Å². The van der Waals surface area contributed by atoms with Crippen molar-refractivity contribution in [1.29, 1.82) is 0 Å². The molecule has 2 aromatic rings. The van der Waals surface area contributed by atoms with Crippen molar-refractivity contribution in [3.8, 4) is 0 Å². The third-order valence-electron chi connectivity index (χ3n) is 2.65. The summed E-state index contributed by atoms with van der Waals surface area (Å²) in [5.41, 5.74) is 1.77. The van der Waals surface area contributed by atoms with Gasteiger partial charge in [-0.05, 0) is 29.3 Å². The first-order valence-electron chi connectivity index (χ1n) is 5.92. The Morgan fingerprint density at radius 3 is 2.94 bits per heavy atom. The van der Waals surface area contributed by atoms with E-state index in [1.165, 1.54) is 0 Å². The Labute approximate surface area is 119 Å². The minimum Gasteiger partial charge on any atom is -0.386 e. The SMILES string of the molecule is CCCn1ncc(Br)c1C(O)Cc1csc(C)n1. The molecule has 0 saturated heterocycles. The number of rotatable bonds is 5. The lowest BCUT2D eigenvalue weighted by molar-refractivity contribution is 0.164. The zero-order valence-corrected chi connectivity index (χ0v) is 12.8. The lowest BCUT2D eigenvalue weighted by Crippen LogP contribution is -2.11. The quantitative estimate of drug-likeness (QED) is 0.916. The highest BCUT2D eigenvalue weighted by atomic mass is 79.9. The van der Waals surface area contributed by atoms with Gasteiger partial charge in [0.1, 0.15) is 6.10 Å². The summed E-state index contributed by atoms with van der Waals surface area (Å²) >= 11 is 5.05. The van der Waals surface area contributed by atoms with Gasteiger partial charge in [0.25, 0.3) is 0 Å². The minimum absolute atomic E-state index is 0.526. The highest BCUT2D eigenvalue weighted by Crippen LogP contribution is 2.26. The average Bonchev–Trinajstić information content (AvgIpc) is 2.86. The fraction of sp³-hybridized carbons (Fsp3) is 0.500. The van der Waals surface area contributed by atoms with Crippen LogP contribution in [0.25, 0.3) is 0 Å². The molecule has 0 aliphatic rings. The predicted molar refractivity (Wildman–Crippen MR) is 75.7 cm³/mol. The van der Waals surface area contributed by atoms with Gasteiger partial charge in [-0.1, -0.05) is 6.92 Å². The normalized spacial score (nSPS) is 12.9. The molecule has 0 spiro atoms. The Hall–Kier alpha value is -0.720. The first-order chi connectivity index (χ1) is 8.61. The summed E-state index contributed by atoms with van der Waals surface area (Å²) in [5.74, 6) is 0. The third kappa shape index (κ3) is 2.99. The fourth-order valence-corrected chi connectivity index (χ4v) is 3.08. The highest BCUT2D eigenvalue weighted by Gasteiger charge is 2.18. The monoisotopic (exact) mass is 329 g/mol. The fourth-order valence-electron chi connectivity index (χ4n) is 1.89. The summed E-state index contributed by atoms with van der Waals surface area (Å²) in [6.07, 6.45) is 2.68. The number of aliphatic hydroxyl groups excluding tert-OH is 1. The zero-order valence-electron chi connectivity index (χ0n) is 10.4. The van der Waals surface area contributed by atoms with Gasteiger partial charge in [0.05, 0.1) is 27.1 Å². The van der Waals surface area contributed by atoms with E-state index in [1.54, 1.807) is 17.5 Å². The molecule has 0 saturated carbocycles. The van der Waals surface area contributed by atoms with Gasteiger partial charge in [-0.15, -0.1) is 11.3 Å². The summed E-state index contributed by atoms with van der Waals surface area (Å²) in [7, 11) is 0. The van der Waals surface area contributed by atoms with Crippen molar-refractivity contribution in [2.24, 2.45) is 0 Å². The third-order valence-corrected chi connectivity index (χ3v) is 4.09. The molecule has 2 aromatic heterocycles. The van der Waals surface area contributed by atoms with Crippen LogP contribution in [-0.2, 0) is 13.0 Å². The van der Waals surface area contributed by atoms with Crippen LogP contribution in [0.5, 0.6) is 0 Å². The second-order valence-electron chi connectivity index (χ2n) is 4.18. The van der Waals surface area contributed by atoms with Gasteiger partial charge in [-0.2, -0.15) is 5.10 Å². The van der Waals surface area contributed by atoms with E-state index in [9.17, 15) is 5.11 Å². The van der Waals surface area contributed by atoms with E-state index in [1.807, 2.05) is 17.0 Å². The maximum Gasteiger partial charge on any atom is 0.102 e. The Kier molecular flexibility index (Phi) is 4.53. The maximum absolute atomic E-state index is 10.3. The van der Waals surface area contributed by atoms with Gasteiger partial charge < -0.3 is 5.11 Å². The molecule has 0 radical (unpaired) electrons. The van der Waals surface area contributed by atoms with Gasteiger partial charge in [0.15, 0.2) is 0 Å². The molecule has 6 heteroatoms. The minimum atomic E-state index is -0.574. The number of hydrogen-bond acceptors (Lipinski definition) is 4. The van der Waals surface area contributed by atoms with Crippen molar-refractivity contribution < 1.29 is 5.11 Å². The number of nitrogens with zero attached hydrogens (tertiary/aromatic N) is 3. The van der Waals surface area contributed by atoms with Gasteiger partial charge >= 0.3 is 0 Å². The molecule has 0 aromatic carbocycles. The summed E-state index contributed by atoms with van der Waals surface area (Å²) < 4.78 is 2.71. The van der Waals surface area contributed by atoms with Crippen LogP contribution in [0.4, 0.5) is 0 Å². The molecular weight excluding hydrogens is 314 g/mol. The molecule has 0 amide bonds. The van der Waals surface area contributed by atoms with Gasteiger partial charge in [0, 0.05) is 18.3 Å². The Balaban J connectivity index is 2.17. The number of aromatic nitrogens is 3. The number of thiazole rings is 1. The van der Waals surface area contributed by atoms with Crippen molar-refractivity contribution in [2.45, 2.75) is 39.3 Å². The first kappa shape index (κ1) is 13.7. The number of aliphatic hydroxyl groups is 1. The summed E-state index contributed by atoms with van der Waals surface area (Å²) in [5, 5.41) is 17.6. The molecule has 1 unspecified atom stereocenters. The van der Waals surface area contributed by atoms with E-state index in [2.05, 4.69) is 32.9 Å². The highest BCUT2D eigenvalue weighted by molar-refractivity contribution is 9.10. The van der Waals surface area contributed by atoms with E-state index in [0.29, 0.717) is 6.42 Å². The van der Waals surface area contributed by atoms with E-state index in [0.717, 1.165) is 33.8 Å². The van der Waals surface area contributed by atoms with Crippen molar-refractivity contribution in [3.05, 3.63) is 32.4 Å². The molecule has 2 rings (SSSR count). The molecule has 98 valence electrons. The van der Waals surface area contributed by atoms with E-state index >= 15 is 0 Å². The number of hydrogen-bond donors (Lipinski definition) is 1. The van der Waals surface area contributed by atoms with E-state index in [4.69, 9.17) is 0 Å². The van der Waals surface area contributed by atoms with Crippen LogP contribution in [-0.4, -0.2) is 19.9 Å². The van der Waals surface area contributed by atoms with E-state index in [-0.39, 0.29) is 0 Å². The summed E-state index contributed by atoms with van der Waals surface area (Å²) in [4.78, 5) is 4.38. The Morgan fingerprint density at radius 2 is 2.33 bits per heavy atom. The lowest BCUT2D eigenvalue weighted by atomic mass is 10.1. The van der Waals surface area contributed by atoms with Crippen molar-refractivity contribution >= 4 is 27.3 Å². The van der Waals surface area contributed by atoms with Gasteiger partial charge in [-0.25, -0.2) is 4.98 Å². The molecule has 0 aliphatic carbocycles. The van der Waals surface area contributed by atoms with Crippen molar-refractivity contribution in [2.75, 3.05) is 0 Å². The maximum atomic E-state index is 10.3. The largest absolute Gasteiger partial charge is 0.386 e. The van der Waals surface area contributed by atoms with Crippen molar-refractivity contribution in [1.82, 2.24) is 14.8 Å². The number of aryl methyl sites for hydroxylation is 2. The number of halogens is 1. The topological polar surface area (TPSA) is 50.9 Å². The molecule has 1 N–H and O–H groups in total. The van der Waals surface area contributed by atoms with Crippen LogP contribution in [0.1, 0.15) is 35.8 Å². The van der Waals surface area contributed by atoms with Crippen LogP contribution in [0.15, 0.2) is 16.0 Å². The van der Waals surface area contributed by atoms with Crippen LogP contribution in [0.2, 0.25) is 0 Å².